The Morgan fingerprint density at radius 3 is 2.35 bits per heavy atom. The van der Waals surface area contributed by atoms with Gasteiger partial charge in [-0.15, -0.1) is 0 Å². The van der Waals surface area contributed by atoms with Crippen molar-refractivity contribution in [2.45, 2.75) is 40.5 Å². The molecule has 94 valence electrons. The third-order valence-electron chi connectivity index (χ3n) is 3.91. The first-order chi connectivity index (χ1) is 7.95. The van der Waals surface area contributed by atoms with Crippen LogP contribution in [0, 0.1) is 17.3 Å². The lowest BCUT2D eigenvalue weighted by atomic mass is 9.72. The van der Waals surface area contributed by atoms with Gasteiger partial charge in [-0.3, -0.25) is 0 Å². The van der Waals surface area contributed by atoms with E-state index in [0.29, 0.717) is 11.3 Å². The van der Waals surface area contributed by atoms with Crippen molar-refractivity contribution in [3.63, 3.8) is 0 Å². The van der Waals surface area contributed by atoms with Crippen LogP contribution < -0.4 is 0 Å². The SMILES string of the molecule is C=C/C=C\C1=C(C=C)CC(C(C)(C)C)C1CC. The molecule has 0 saturated carbocycles. The maximum absolute atomic E-state index is 3.97. The lowest BCUT2D eigenvalue weighted by molar-refractivity contribution is 0.191. The summed E-state index contributed by atoms with van der Waals surface area (Å²) in [4.78, 5) is 0. The molecule has 0 aromatic carbocycles. The van der Waals surface area contributed by atoms with Gasteiger partial charge in [-0.05, 0) is 41.2 Å². The molecule has 1 rings (SSSR count). The standard InChI is InChI=1S/C17H26/c1-7-10-11-15-13(8-2)12-16(14(15)9-3)17(4,5)6/h7-8,10-11,14,16H,1-2,9,12H2,3-6H3/b11-10-. The Morgan fingerprint density at radius 2 is 1.94 bits per heavy atom. The van der Waals surface area contributed by atoms with Crippen LogP contribution in [0.4, 0.5) is 0 Å². The molecule has 0 aromatic rings. The summed E-state index contributed by atoms with van der Waals surface area (Å²) in [6.45, 7) is 17.1. The predicted octanol–water partition coefficient (Wildman–Crippen LogP) is 5.30. The largest absolute Gasteiger partial charge is 0.0991 e. The van der Waals surface area contributed by atoms with Gasteiger partial charge in [0.15, 0.2) is 0 Å². The fourth-order valence-corrected chi connectivity index (χ4v) is 2.97. The number of hydrogen-bond acceptors (Lipinski definition) is 0. The Kier molecular flexibility index (Phi) is 4.56. The molecule has 0 nitrogen and oxygen atoms in total. The minimum Gasteiger partial charge on any atom is -0.0991 e. The lowest BCUT2D eigenvalue weighted by Gasteiger charge is -2.33. The topological polar surface area (TPSA) is 0 Å². The first kappa shape index (κ1) is 14.0. The van der Waals surface area contributed by atoms with Crippen LogP contribution in [-0.2, 0) is 0 Å². The molecular weight excluding hydrogens is 204 g/mol. The van der Waals surface area contributed by atoms with E-state index >= 15 is 0 Å². The van der Waals surface area contributed by atoms with Crippen molar-refractivity contribution in [2.75, 3.05) is 0 Å². The summed E-state index contributed by atoms with van der Waals surface area (Å²) in [6, 6.07) is 0. The van der Waals surface area contributed by atoms with E-state index in [1.165, 1.54) is 24.0 Å². The van der Waals surface area contributed by atoms with Crippen LogP contribution in [0.3, 0.4) is 0 Å². The average Bonchev–Trinajstić information content (AvgIpc) is 2.63. The summed E-state index contributed by atoms with van der Waals surface area (Å²) < 4.78 is 0. The van der Waals surface area contributed by atoms with Crippen LogP contribution >= 0.6 is 0 Å². The van der Waals surface area contributed by atoms with E-state index in [1.54, 1.807) is 0 Å². The van der Waals surface area contributed by atoms with Crippen molar-refractivity contribution in [3.05, 3.63) is 48.6 Å². The molecule has 1 aliphatic rings. The summed E-state index contributed by atoms with van der Waals surface area (Å²) in [5.41, 5.74) is 3.26. The fourth-order valence-electron chi connectivity index (χ4n) is 2.97. The van der Waals surface area contributed by atoms with E-state index in [9.17, 15) is 0 Å². The zero-order valence-corrected chi connectivity index (χ0v) is 11.8. The normalized spacial score (nSPS) is 25.6. The molecule has 0 radical (unpaired) electrons. The molecule has 0 heterocycles. The zero-order chi connectivity index (χ0) is 13.1. The highest BCUT2D eigenvalue weighted by molar-refractivity contribution is 5.40. The molecule has 2 atom stereocenters. The maximum Gasteiger partial charge on any atom is -0.0125 e. The Hall–Kier alpha value is -1.04. The Balaban J connectivity index is 3.09. The lowest BCUT2D eigenvalue weighted by Crippen LogP contribution is -2.25. The van der Waals surface area contributed by atoms with Gasteiger partial charge in [0.05, 0.1) is 0 Å². The summed E-state index contributed by atoms with van der Waals surface area (Å²) >= 11 is 0. The van der Waals surface area contributed by atoms with Gasteiger partial charge < -0.3 is 0 Å². The van der Waals surface area contributed by atoms with Crippen molar-refractivity contribution >= 4 is 0 Å². The molecule has 0 aromatic heterocycles. The van der Waals surface area contributed by atoms with E-state index in [1.807, 2.05) is 18.2 Å². The molecule has 0 heteroatoms. The molecule has 1 aliphatic carbocycles. The van der Waals surface area contributed by atoms with Crippen molar-refractivity contribution < 1.29 is 0 Å². The molecule has 0 aliphatic heterocycles. The predicted molar refractivity (Wildman–Crippen MR) is 77.9 cm³/mol. The Morgan fingerprint density at radius 1 is 1.29 bits per heavy atom. The van der Waals surface area contributed by atoms with Gasteiger partial charge in [-0.2, -0.15) is 0 Å². The van der Waals surface area contributed by atoms with Gasteiger partial charge in [0, 0.05) is 0 Å². The number of rotatable bonds is 4. The second-order valence-corrected chi connectivity index (χ2v) is 5.97. The first-order valence-corrected chi connectivity index (χ1v) is 6.60. The minimum absolute atomic E-state index is 0.360. The van der Waals surface area contributed by atoms with Crippen LogP contribution in [0.2, 0.25) is 0 Å². The van der Waals surface area contributed by atoms with Crippen LogP contribution in [0.1, 0.15) is 40.5 Å². The smallest absolute Gasteiger partial charge is 0.0125 e. The molecular formula is C17H26. The number of hydrogen-bond donors (Lipinski definition) is 0. The summed E-state index contributed by atoms with van der Waals surface area (Å²) in [5.74, 6) is 1.39. The molecule has 17 heavy (non-hydrogen) atoms. The Labute approximate surface area is 107 Å². The fraction of sp³-hybridized carbons (Fsp3) is 0.529. The molecule has 0 fully saturated rings. The van der Waals surface area contributed by atoms with Gasteiger partial charge in [0.1, 0.15) is 0 Å². The molecule has 0 bridgehead atoms. The van der Waals surface area contributed by atoms with Crippen molar-refractivity contribution in [1.29, 1.82) is 0 Å². The second-order valence-electron chi connectivity index (χ2n) is 5.97. The summed E-state index contributed by atoms with van der Waals surface area (Å²) in [5, 5.41) is 0. The van der Waals surface area contributed by atoms with Gasteiger partial charge in [-0.25, -0.2) is 0 Å². The van der Waals surface area contributed by atoms with Crippen LogP contribution in [0.25, 0.3) is 0 Å². The van der Waals surface area contributed by atoms with E-state index < -0.39 is 0 Å². The quantitative estimate of drug-likeness (QED) is 0.575. The highest BCUT2D eigenvalue weighted by Crippen LogP contribution is 2.48. The van der Waals surface area contributed by atoms with Crippen LogP contribution in [0.15, 0.2) is 48.6 Å². The van der Waals surface area contributed by atoms with Gasteiger partial charge >= 0.3 is 0 Å². The third kappa shape index (κ3) is 3.00. The van der Waals surface area contributed by atoms with E-state index in [-0.39, 0.29) is 0 Å². The highest BCUT2D eigenvalue weighted by atomic mass is 14.4. The highest BCUT2D eigenvalue weighted by Gasteiger charge is 2.38. The van der Waals surface area contributed by atoms with E-state index in [0.717, 1.165) is 5.92 Å². The Bertz CT molecular complexity index is 347. The summed E-state index contributed by atoms with van der Waals surface area (Å²) in [7, 11) is 0. The van der Waals surface area contributed by atoms with Crippen LogP contribution in [-0.4, -0.2) is 0 Å². The van der Waals surface area contributed by atoms with E-state index in [4.69, 9.17) is 0 Å². The molecule has 2 unspecified atom stereocenters. The maximum atomic E-state index is 3.97. The second kappa shape index (κ2) is 5.53. The minimum atomic E-state index is 0.360. The van der Waals surface area contributed by atoms with Crippen LogP contribution in [0.5, 0.6) is 0 Å². The number of allylic oxidation sites excluding steroid dienone is 6. The van der Waals surface area contributed by atoms with Gasteiger partial charge in [0.2, 0.25) is 0 Å². The first-order valence-electron chi connectivity index (χ1n) is 6.60. The summed E-state index contributed by atoms with van der Waals surface area (Å²) in [6.07, 6.45) is 10.5. The van der Waals surface area contributed by atoms with Crippen molar-refractivity contribution in [1.82, 2.24) is 0 Å². The average molecular weight is 230 g/mol. The third-order valence-corrected chi connectivity index (χ3v) is 3.91. The molecule has 0 spiro atoms. The van der Waals surface area contributed by atoms with Gasteiger partial charge in [-0.1, -0.05) is 65.2 Å². The van der Waals surface area contributed by atoms with Crippen molar-refractivity contribution in [3.8, 4) is 0 Å². The van der Waals surface area contributed by atoms with E-state index in [2.05, 4.69) is 46.9 Å². The molecule has 0 amide bonds. The molecule has 0 saturated heterocycles. The zero-order valence-electron chi connectivity index (χ0n) is 11.8. The van der Waals surface area contributed by atoms with Crippen molar-refractivity contribution in [2.24, 2.45) is 17.3 Å². The van der Waals surface area contributed by atoms with Gasteiger partial charge in [0.25, 0.3) is 0 Å². The monoisotopic (exact) mass is 230 g/mol. The molecule has 0 N–H and O–H groups in total.